The largest absolute Gasteiger partial charge is 0.403 e. The van der Waals surface area contributed by atoms with Crippen molar-refractivity contribution in [2.45, 2.75) is 162 Å². The molecule has 3 rings (SSSR count). The predicted octanol–water partition coefficient (Wildman–Crippen LogP) is 4.31. The third kappa shape index (κ3) is 15.5. The summed E-state index contributed by atoms with van der Waals surface area (Å²) < 4.78 is 0. The molecule has 44 heavy (non-hydrogen) atoms. The van der Waals surface area contributed by atoms with Crippen molar-refractivity contribution in [2.24, 2.45) is 17.4 Å². The van der Waals surface area contributed by atoms with E-state index in [0.29, 0.717) is 38.0 Å². The van der Waals surface area contributed by atoms with Gasteiger partial charge in [-0.05, 0) is 78.3 Å². The second-order valence-corrected chi connectivity index (χ2v) is 13.4. The Morgan fingerprint density at radius 1 is 1.02 bits per heavy atom. The van der Waals surface area contributed by atoms with Crippen LogP contribution in [-0.4, -0.2) is 70.7 Å². The smallest absolute Gasteiger partial charge is 0.289 e. The molecule has 0 radical (unpaired) electrons. The van der Waals surface area contributed by atoms with Gasteiger partial charge >= 0.3 is 0 Å². The van der Waals surface area contributed by atoms with E-state index in [9.17, 15) is 19.2 Å². The van der Waals surface area contributed by atoms with Crippen LogP contribution < -0.4 is 27.4 Å². The molecule has 0 spiro atoms. The molecular weight excluding hydrogens is 556 g/mol. The Morgan fingerprint density at radius 2 is 1.52 bits per heavy atom. The van der Waals surface area contributed by atoms with E-state index in [2.05, 4.69) is 50.2 Å². The molecule has 1 aliphatic heterocycles. The highest BCUT2D eigenvalue weighted by molar-refractivity contribution is 6.38. The second kappa shape index (κ2) is 20.5. The third-order valence-corrected chi connectivity index (χ3v) is 8.14. The van der Waals surface area contributed by atoms with E-state index in [1.807, 2.05) is 13.8 Å². The lowest BCUT2D eigenvalue weighted by atomic mass is 9.80. The number of nitrogens with one attached hydrogen (secondary N) is 3. The molecule has 3 fully saturated rings. The number of hydrogen-bond acceptors (Lipinski definition) is 7. The summed E-state index contributed by atoms with van der Waals surface area (Å²) in [6.45, 7) is 21.6. The van der Waals surface area contributed by atoms with Crippen LogP contribution >= 0.6 is 0 Å². The van der Waals surface area contributed by atoms with E-state index in [1.54, 1.807) is 18.7 Å². The molecule has 7 N–H and O–H groups in total. The first-order chi connectivity index (χ1) is 20.5. The number of carbonyl (C=O) groups is 4. The van der Waals surface area contributed by atoms with Crippen LogP contribution in [0.2, 0.25) is 0 Å². The Kier molecular flexibility index (Phi) is 19.4. The number of nitrogens with two attached hydrogens (primary N) is 2. The molecule has 0 aromatic carbocycles. The maximum absolute atomic E-state index is 13.8. The van der Waals surface area contributed by atoms with Crippen molar-refractivity contribution in [3.8, 4) is 0 Å². The summed E-state index contributed by atoms with van der Waals surface area (Å²) in [4.78, 5) is 52.4. The molecule has 0 aromatic heterocycles. The molecular formula is C34H66N6O4. The fourth-order valence-electron chi connectivity index (χ4n) is 4.99. The van der Waals surface area contributed by atoms with Crippen molar-refractivity contribution in [1.29, 1.82) is 0 Å². The van der Waals surface area contributed by atoms with Crippen LogP contribution in [0, 0.1) is 5.92 Å². The van der Waals surface area contributed by atoms with Crippen LogP contribution in [0.25, 0.3) is 0 Å². The van der Waals surface area contributed by atoms with Gasteiger partial charge in [-0.15, -0.1) is 0 Å². The van der Waals surface area contributed by atoms with E-state index >= 15 is 0 Å². The molecule has 10 heteroatoms. The van der Waals surface area contributed by atoms with Crippen LogP contribution in [0.15, 0.2) is 12.3 Å². The first kappa shape index (κ1) is 41.5. The van der Waals surface area contributed by atoms with Gasteiger partial charge in [-0.2, -0.15) is 0 Å². The second-order valence-electron chi connectivity index (χ2n) is 13.4. The number of amides is 3. The lowest BCUT2D eigenvalue weighted by molar-refractivity contribution is -0.143. The Hall–Kier alpha value is -2.46. The predicted molar refractivity (Wildman–Crippen MR) is 181 cm³/mol. The number of likely N-dealkylation sites (N-methyl/N-ethyl adjacent to an activating group) is 1. The molecule has 4 atom stereocenters. The number of Topliss-reactive ketones (excluding diaryl/α,β-unsaturated/α-hetero) is 1. The molecule has 10 nitrogen and oxygen atoms in total. The summed E-state index contributed by atoms with van der Waals surface area (Å²) in [6, 6.07) is -2.27. The quantitative estimate of drug-likeness (QED) is 0.227. The van der Waals surface area contributed by atoms with Gasteiger partial charge in [-0.1, -0.05) is 72.8 Å². The highest BCUT2D eigenvalue weighted by Gasteiger charge is 2.45. The van der Waals surface area contributed by atoms with Crippen molar-refractivity contribution < 1.29 is 19.2 Å². The van der Waals surface area contributed by atoms with Gasteiger partial charge in [-0.3, -0.25) is 24.5 Å². The van der Waals surface area contributed by atoms with Crippen molar-refractivity contribution in [1.82, 2.24) is 20.9 Å². The van der Waals surface area contributed by atoms with Crippen LogP contribution in [0.4, 0.5) is 0 Å². The molecule has 3 amide bonds. The van der Waals surface area contributed by atoms with Gasteiger partial charge in [-0.25, -0.2) is 0 Å². The number of likely N-dealkylation sites (tertiary alicyclic amines) is 1. The van der Waals surface area contributed by atoms with Gasteiger partial charge in [0, 0.05) is 24.2 Å². The fourth-order valence-corrected chi connectivity index (χ4v) is 4.99. The molecule has 2 aliphatic carbocycles. The summed E-state index contributed by atoms with van der Waals surface area (Å²) in [6.07, 6.45) is 11.4. The van der Waals surface area contributed by atoms with Crippen molar-refractivity contribution in [2.75, 3.05) is 13.1 Å². The van der Waals surface area contributed by atoms with Crippen LogP contribution in [0.3, 0.4) is 0 Å². The number of nitrogens with zero attached hydrogens (tertiary/aromatic N) is 1. The zero-order valence-electron chi connectivity index (χ0n) is 29.4. The number of ketones is 1. The third-order valence-electron chi connectivity index (χ3n) is 8.14. The van der Waals surface area contributed by atoms with E-state index in [4.69, 9.17) is 11.5 Å². The number of hydrogen-bond donors (Lipinski definition) is 5. The SMILES string of the molecule is C=C(C)N.CC1CC1.CCC.CCNC(=O)C(=O)C(C)NC(=O)C1CCCN1C(=O)C(NC1(C)CCCCC1)C(C)(N)CC. The Morgan fingerprint density at radius 3 is 1.95 bits per heavy atom. The number of carbonyl (C=O) groups excluding carboxylic acids is 4. The summed E-state index contributed by atoms with van der Waals surface area (Å²) in [5, 5.41) is 8.67. The normalized spacial score (nSPS) is 21.2. The Labute approximate surface area is 268 Å². The Bertz CT molecular complexity index is 907. The first-order valence-corrected chi connectivity index (χ1v) is 16.9. The molecule has 1 saturated heterocycles. The minimum atomic E-state index is -0.966. The minimum absolute atomic E-state index is 0.167. The van der Waals surface area contributed by atoms with Gasteiger partial charge in [0.05, 0.1) is 6.04 Å². The topological polar surface area (TPSA) is 160 Å². The average molecular weight is 623 g/mol. The van der Waals surface area contributed by atoms with Gasteiger partial charge in [0.1, 0.15) is 12.1 Å². The number of allylic oxidation sites excluding steroid dienone is 1. The van der Waals surface area contributed by atoms with Gasteiger partial charge in [0.2, 0.25) is 17.6 Å². The van der Waals surface area contributed by atoms with Crippen molar-refractivity contribution >= 4 is 23.5 Å². The van der Waals surface area contributed by atoms with Gasteiger partial charge < -0.3 is 27.0 Å². The molecule has 2 saturated carbocycles. The first-order valence-electron chi connectivity index (χ1n) is 16.9. The molecule has 3 aliphatic rings. The number of rotatable bonds is 10. The van der Waals surface area contributed by atoms with Crippen LogP contribution in [0.5, 0.6) is 0 Å². The lowest BCUT2D eigenvalue weighted by Crippen LogP contribution is -2.68. The molecule has 0 aromatic rings. The maximum Gasteiger partial charge on any atom is 0.289 e. The maximum atomic E-state index is 13.8. The summed E-state index contributed by atoms with van der Waals surface area (Å²) >= 11 is 0. The van der Waals surface area contributed by atoms with Crippen molar-refractivity contribution in [3.63, 3.8) is 0 Å². The van der Waals surface area contributed by atoms with Gasteiger partial charge in [0.25, 0.3) is 5.91 Å². The fraction of sp³-hybridized carbons (Fsp3) is 0.824. The lowest BCUT2D eigenvalue weighted by Gasteiger charge is -2.44. The summed E-state index contributed by atoms with van der Waals surface area (Å²) in [5.41, 5.74) is 11.2. The molecule has 4 unspecified atom stereocenters. The van der Waals surface area contributed by atoms with E-state index in [0.717, 1.165) is 31.6 Å². The van der Waals surface area contributed by atoms with Crippen LogP contribution in [-0.2, 0) is 19.2 Å². The Balaban J connectivity index is 0.00000143. The zero-order valence-corrected chi connectivity index (χ0v) is 29.4. The highest BCUT2D eigenvalue weighted by atomic mass is 16.2. The summed E-state index contributed by atoms with van der Waals surface area (Å²) in [5.74, 6) is -0.930. The van der Waals surface area contributed by atoms with E-state index < -0.39 is 41.3 Å². The van der Waals surface area contributed by atoms with Gasteiger partial charge in [0.15, 0.2) is 0 Å². The average Bonchev–Trinajstić information content (AvgIpc) is 3.57. The van der Waals surface area contributed by atoms with Crippen LogP contribution in [0.1, 0.15) is 133 Å². The molecule has 1 heterocycles. The molecule has 256 valence electrons. The van der Waals surface area contributed by atoms with Crippen molar-refractivity contribution in [3.05, 3.63) is 12.3 Å². The molecule has 0 bridgehead atoms. The zero-order chi connectivity index (χ0) is 34.1. The van der Waals surface area contributed by atoms with E-state index in [-0.39, 0.29) is 11.4 Å². The monoisotopic (exact) mass is 623 g/mol. The summed E-state index contributed by atoms with van der Waals surface area (Å²) in [7, 11) is 0. The highest BCUT2D eigenvalue weighted by Crippen LogP contribution is 2.31. The van der Waals surface area contributed by atoms with E-state index in [1.165, 1.54) is 32.6 Å². The standard InChI is InChI=1S/C24H43N5O4.C4H8.C3H7N.C3H8/c1-6-24(5,25)19(28-23(4)13-9-8-10-14-23)22(33)29-15-11-12-17(29)20(31)27-16(3)18(30)21(32)26-7-2;1-4-2-3-4;1-3(2)4;1-3-2/h16-17,19,28H,6-15,25H2,1-5H3,(H,26,32)(H,27,31);4H,2-3H2,1H3;1,4H2,2H3;3H2,1-2H3. The minimum Gasteiger partial charge on any atom is -0.403 e.